The molecule has 0 spiro atoms. The van der Waals surface area contributed by atoms with E-state index >= 15 is 0 Å². The summed E-state index contributed by atoms with van der Waals surface area (Å²) in [4.78, 5) is 22.5. The second kappa shape index (κ2) is 11.8. The Morgan fingerprint density at radius 3 is 2.37 bits per heavy atom. The fraction of sp³-hybridized carbons (Fsp3) is 0.276. The van der Waals surface area contributed by atoms with E-state index in [1.165, 1.54) is 34.0 Å². The van der Waals surface area contributed by atoms with Crippen molar-refractivity contribution in [2.75, 3.05) is 19.6 Å². The molecule has 3 N–H and O–H groups in total. The lowest BCUT2D eigenvalue weighted by Gasteiger charge is -2.30. The van der Waals surface area contributed by atoms with Crippen LogP contribution in [0.25, 0.3) is 11.2 Å². The molecule has 5 rings (SSSR count). The number of rotatable bonds is 7. The van der Waals surface area contributed by atoms with Gasteiger partial charge >= 0.3 is 0 Å². The summed E-state index contributed by atoms with van der Waals surface area (Å²) in [5.41, 5.74) is 11.9. The number of piperidine rings is 1. The highest BCUT2D eigenvalue weighted by Crippen LogP contribution is 2.33. The Morgan fingerprint density at radius 1 is 1.05 bits per heavy atom. The van der Waals surface area contributed by atoms with Crippen LogP contribution < -0.4 is 5.73 Å². The number of nitrogens with two attached hydrogens (primary N) is 1. The summed E-state index contributed by atoms with van der Waals surface area (Å²) in [5.74, 6) is -0.846. The van der Waals surface area contributed by atoms with Gasteiger partial charge in [-0.05, 0) is 68.0 Å². The van der Waals surface area contributed by atoms with E-state index in [1.807, 2.05) is 37.3 Å². The Labute approximate surface area is 227 Å². The Balaban J connectivity index is 0.00000336. The molecule has 0 atom stereocenters. The van der Waals surface area contributed by atoms with Crippen LogP contribution in [-0.4, -0.2) is 49.9 Å². The van der Waals surface area contributed by atoms with Crippen molar-refractivity contribution in [3.63, 3.8) is 0 Å². The predicted octanol–water partition coefficient (Wildman–Crippen LogP) is 4.93. The number of aromatic nitrogens is 3. The van der Waals surface area contributed by atoms with Crippen LogP contribution in [0.3, 0.4) is 0 Å². The first-order chi connectivity index (χ1) is 17.9. The van der Waals surface area contributed by atoms with Crippen LogP contribution in [0.1, 0.15) is 52.1 Å². The smallest absolute Gasteiger partial charge is 0.271 e. The zero-order chi connectivity index (χ0) is 25.9. The van der Waals surface area contributed by atoms with E-state index in [2.05, 4.69) is 27.0 Å². The minimum Gasteiger partial charge on any atom is -0.494 e. The number of imidazole rings is 1. The number of nitrogens with zero attached hydrogens (tertiary/aromatic N) is 4. The number of benzene rings is 2. The van der Waals surface area contributed by atoms with Gasteiger partial charge in [0.25, 0.3) is 5.91 Å². The van der Waals surface area contributed by atoms with Gasteiger partial charge in [-0.15, -0.1) is 12.4 Å². The predicted molar refractivity (Wildman–Crippen MR) is 148 cm³/mol. The van der Waals surface area contributed by atoms with Crippen molar-refractivity contribution in [3.8, 4) is 5.88 Å². The van der Waals surface area contributed by atoms with Gasteiger partial charge in [0.1, 0.15) is 12.1 Å². The zero-order valence-corrected chi connectivity index (χ0v) is 22.0. The molecule has 2 aromatic carbocycles. The van der Waals surface area contributed by atoms with Crippen molar-refractivity contribution in [2.24, 2.45) is 5.73 Å². The Hall–Kier alpha value is -3.75. The topological polar surface area (TPSA) is 96.8 Å². The first kappa shape index (κ1) is 27.3. The third kappa shape index (κ3) is 5.56. The molecule has 0 bridgehead atoms. The monoisotopic (exact) mass is 535 g/mol. The van der Waals surface area contributed by atoms with Gasteiger partial charge in [0.15, 0.2) is 11.3 Å². The first-order valence-corrected chi connectivity index (χ1v) is 12.5. The molecule has 0 saturated carbocycles. The Kier molecular flexibility index (Phi) is 8.44. The van der Waals surface area contributed by atoms with Gasteiger partial charge in [-0.1, -0.05) is 48.0 Å². The number of carbonyl (C=O) groups is 1. The Bertz CT molecular complexity index is 1460. The second-order valence-corrected chi connectivity index (χ2v) is 9.45. The lowest BCUT2D eigenvalue weighted by atomic mass is 9.88. The molecule has 198 valence electrons. The molecule has 0 radical (unpaired) electrons. The SMILES string of the molecule is Cc1nc2c(C(N)=O)ncn2c(O)c1CCCN1CCC(=C(c2ccccc2)c2ccc(F)cc2)CC1.Cl. The van der Waals surface area contributed by atoms with Gasteiger partial charge in [-0.3, -0.25) is 9.20 Å². The third-order valence-corrected chi connectivity index (χ3v) is 7.09. The number of likely N-dealkylation sites (tertiary alicyclic amines) is 1. The van der Waals surface area contributed by atoms with Gasteiger partial charge in [0.2, 0.25) is 5.88 Å². The summed E-state index contributed by atoms with van der Waals surface area (Å²) in [6.07, 6.45) is 4.80. The zero-order valence-electron chi connectivity index (χ0n) is 21.2. The molecule has 3 heterocycles. The van der Waals surface area contributed by atoms with E-state index in [0.717, 1.165) is 55.6 Å². The van der Waals surface area contributed by atoms with Crippen LogP contribution in [0.2, 0.25) is 0 Å². The number of aromatic hydroxyl groups is 1. The number of amides is 1. The number of primary amides is 1. The second-order valence-electron chi connectivity index (χ2n) is 9.45. The van der Waals surface area contributed by atoms with Gasteiger partial charge in [-0.2, -0.15) is 0 Å². The van der Waals surface area contributed by atoms with Gasteiger partial charge < -0.3 is 15.7 Å². The van der Waals surface area contributed by atoms with Crippen LogP contribution in [-0.2, 0) is 6.42 Å². The van der Waals surface area contributed by atoms with Crippen LogP contribution in [0.4, 0.5) is 4.39 Å². The average molecular weight is 536 g/mol. The van der Waals surface area contributed by atoms with Gasteiger partial charge in [-0.25, -0.2) is 14.4 Å². The highest BCUT2D eigenvalue weighted by Gasteiger charge is 2.21. The van der Waals surface area contributed by atoms with E-state index < -0.39 is 5.91 Å². The maximum absolute atomic E-state index is 13.6. The number of hydrogen-bond acceptors (Lipinski definition) is 5. The van der Waals surface area contributed by atoms with Crippen LogP contribution in [0.15, 0.2) is 66.5 Å². The fourth-order valence-electron chi connectivity index (χ4n) is 5.18. The van der Waals surface area contributed by atoms with E-state index in [9.17, 15) is 14.3 Å². The quantitative estimate of drug-likeness (QED) is 0.349. The molecule has 7 nitrogen and oxygen atoms in total. The summed E-state index contributed by atoms with van der Waals surface area (Å²) in [5, 5.41) is 10.8. The number of carbonyl (C=O) groups excluding carboxylic acids is 1. The van der Waals surface area contributed by atoms with Crippen molar-refractivity contribution >= 4 is 29.5 Å². The molecule has 1 saturated heterocycles. The number of halogens is 2. The van der Waals surface area contributed by atoms with Crippen molar-refractivity contribution in [2.45, 2.75) is 32.6 Å². The maximum Gasteiger partial charge on any atom is 0.271 e. The molecule has 0 unspecified atom stereocenters. The first-order valence-electron chi connectivity index (χ1n) is 12.5. The molecule has 9 heteroatoms. The van der Waals surface area contributed by atoms with Crippen molar-refractivity contribution < 1.29 is 14.3 Å². The standard InChI is InChI=1S/C29H30FN5O2.ClH/c1-19-24(29(37)35-18-32-26(27(31)36)28(35)33-19)8-5-15-34-16-13-22(14-17-34)25(20-6-3-2-4-7-20)21-9-11-23(30)12-10-21;/h2-4,6-7,9-12,18,37H,5,8,13-17H2,1H3,(H2,31,36);1H. The molecule has 2 aromatic heterocycles. The molecule has 0 aliphatic carbocycles. The molecule has 1 aliphatic heterocycles. The summed E-state index contributed by atoms with van der Waals surface area (Å²) < 4.78 is 15.0. The summed E-state index contributed by atoms with van der Waals surface area (Å²) >= 11 is 0. The average Bonchev–Trinajstić information content (AvgIpc) is 3.33. The fourth-order valence-corrected chi connectivity index (χ4v) is 5.18. The minimum absolute atomic E-state index is 0. The minimum atomic E-state index is -0.671. The number of fused-ring (bicyclic) bond motifs is 1. The number of hydrogen-bond donors (Lipinski definition) is 2. The lowest BCUT2D eigenvalue weighted by molar-refractivity contribution is 0.0997. The molecule has 1 fully saturated rings. The van der Waals surface area contributed by atoms with Gasteiger partial charge in [0, 0.05) is 24.3 Å². The molecule has 4 aromatic rings. The van der Waals surface area contributed by atoms with Crippen LogP contribution >= 0.6 is 12.4 Å². The lowest BCUT2D eigenvalue weighted by Crippen LogP contribution is -2.32. The van der Waals surface area contributed by atoms with E-state index in [1.54, 1.807) is 0 Å². The highest BCUT2D eigenvalue weighted by atomic mass is 35.5. The Morgan fingerprint density at radius 2 is 1.71 bits per heavy atom. The molecular weight excluding hydrogens is 505 g/mol. The van der Waals surface area contributed by atoms with Crippen molar-refractivity contribution in [1.29, 1.82) is 0 Å². The van der Waals surface area contributed by atoms with Crippen LogP contribution in [0.5, 0.6) is 5.88 Å². The number of aryl methyl sites for hydroxylation is 1. The van der Waals surface area contributed by atoms with E-state index in [4.69, 9.17) is 5.73 Å². The summed E-state index contributed by atoms with van der Waals surface area (Å²) in [6.45, 7) is 4.61. The highest BCUT2D eigenvalue weighted by molar-refractivity contribution is 5.96. The van der Waals surface area contributed by atoms with Gasteiger partial charge in [0.05, 0.1) is 0 Å². The van der Waals surface area contributed by atoms with Crippen molar-refractivity contribution in [3.05, 3.63) is 100 Å². The van der Waals surface area contributed by atoms with E-state index in [-0.39, 0.29) is 35.4 Å². The largest absolute Gasteiger partial charge is 0.494 e. The molecule has 1 aliphatic rings. The summed E-state index contributed by atoms with van der Waals surface area (Å²) in [6, 6.07) is 17.1. The molecular formula is C29H31ClFN5O2. The molecule has 1 amide bonds. The van der Waals surface area contributed by atoms with E-state index in [0.29, 0.717) is 12.1 Å². The van der Waals surface area contributed by atoms with Crippen LogP contribution in [0, 0.1) is 12.7 Å². The maximum atomic E-state index is 13.6. The molecule has 38 heavy (non-hydrogen) atoms. The third-order valence-electron chi connectivity index (χ3n) is 7.09. The summed E-state index contributed by atoms with van der Waals surface area (Å²) in [7, 11) is 0. The normalized spacial score (nSPS) is 13.9. The van der Waals surface area contributed by atoms with Crippen molar-refractivity contribution in [1.82, 2.24) is 19.3 Å².